The average molecular weight is 1490 g/mol. The molecule has 4 N–H and O–H groups in total. The number of rotatable bonds is 77. The van der Waals surface area contributed by atoms with E-state index in [1.54, 1.807) is 0 Å². The zero-order chi connectivity index (χ0) is 75.2. The van der Waals surface area contributed by atoms with Gasteiger partial charge in [0.2, 0.25) is 0 Å². The van der Waals surface area contributed by atoms with Crippen molar-refractivity contribution >= 4 is 33.6 Å². The van der Waals surface area contributed by atoms with E-state index in [0.29, 0.717) is 19.3 Å². The zero-order valence-electron chi connectivity index (χ0n) is 65.0. The number of carbonyl (C=O) groups is 3. The normalized spacial score (nSPS) is 14.6. The molecule has 0 aliphatic carbocycles. The van der Waals surface area contributed by atoms with Gasteiger partial charge in [-0.05, 0) is 116 Å². The van der Waals surface area contributed by atoms with E-state index in [2.05, 4.69) is 142 Å². The lowest BCUT2D eigenvalue weighted by Gasteiger charge is -2.21. The molecule has 5 unspecified atom stereocenters. The van der Waals surface area contributed by atoms with Crippen LogP contribution >= 0.6 is 15.6 Å². The minimum Gasteiger partial charge on any atom is -0.463 e. The zero-order valence-corrected chi connectivity index (χ0v) is 66.7. The van der Waals surface area contributed by atoms with E-state index in [1.807, 2.05) is 0 Å². The highest BCUT2D eigenvalue weighted by Crippen LogP contribution is 2.45. The molecular formula is C85H148O16P2. The maximum atomic E-state index is 12.9. The van der Waals surface area contributed by atoms with Gasteiger partial charge in [-0.2, -0.15) is 0 Å². The quantitative estimate of drug-likeness (QED) is 0.0146. The smallest absolute Gasteiger partial charge is 0.463 e. The van der Waals surface area contributed by atoms with Crippen LogP contribution in [-0.4, -0.2) is 95.9 Å². The maximum absolute atomic E-state index is 12.9. The molecule has 0 aromatic heterocycles. The van der Waals surface area contributed by atoms with E-state index in [-0.39, 0.29) is 19.3 Å². The summed E-state index contributed by atoms with van der Waals surface area (Å²) in [6, 6.07) is 0. The Bertz CT molecular complexity index is 2360. The van der Waals surface area contributed by atoms with Crippen LogP contribution in [0, 0.1) is 0 Å². The molecule has 0 aromatic carbocycles. The van der Waals surface area contributed by atoms with Crippen molar-refractivity contribution in [2.45, 2.75) is 360 Å². The van der Waals surface area contributed by atoms with Crippen molar-refractivity contribution in [2.24, 2.45) is 0 Å². The Morgan fingerprint density at radius 3 is 0.835 bits per heavy atom. The summed E-state index contributed by atoms with van der Waals surface area (Å²) < 4.78 is 61.1. The third kappa shape index (κ3) is 78.8. The molecule has 0 fully saturated rings. The van der Waals surface area contributed by atoms with Gasteiger partial charge in [0.1, 0.15) is 25.4 Å². The number of hydrogen-bond acceptors (Lipinski definition) is 14. The maximum Gasteiger partial charge on any atom is 0.472 e. The molecule has 0 saturated carbocycles. The molecule has 0 aromatic rings. The summed E-state index contributed by atoms with van der Waals surface area (Å²) in [7, 11) is -9.79. The van der Waals surface area contributed by atoms with Crippen molar-refractivity contribution in [1.29, 1.82) is 0 Å². The van der Waals surface area contributed by atoms with Gasteiger partial charge in [-0.15, -0.1) is 0 Å². The molecule has 0 aliphatic heterocycles. The van der Waals surface area contributed by atoms with Crippen molar-refractivity contribution in [2.75, 3.05) is 39.6 Å². The lowest BCUT2D eigenvalue weighted by atomic mass is 10.0. The lowest BCUT2D eigenvalue weighted by Crippen LogP contribution is -2.30. The van der Waals surface area contributed by atoms with Crippen LogP contribution < -0.4 is 0 Å². The second-order valence-corrected chi connectivity index (χ2v) is 30.1. The fourth-order valence-corrected chi connectivity index (χ4v) is 12.6. The number of hydrogen-bond donors (Lipinski definition) is 4. The summed E-state index contributed by atoms with van der Waals surface area (Å²) in [5.41, 5.74) is 0. The van der Waals surface area contributed by atoms with Gasteiger partial charge in [0, 0.05) is 19.3 Å². The van der Waals surface area contributed by atoms with Gasteiger partial charge in [0.15, 0.2) is 6.10 Å². The summed E-state index contributed by atoms with van der Waals surface area (Å²) >= 11 is 0. The van der Waals surface area contributed by atoms with Crippen molar-refractivity contribution in [3.05, 3.63) is 122 Å². The van der Waals surface area contributed by atoms with Crippen LogP contribution in [0.25, 0.3) is 0 Å². The number of aliphatic hydroxyl groups is 2. The number of phosphoric acid groups is 2. The molecule has 103 heavy (non-hydrogen) atoms. The molecule has 0 heterocycles. The monoisotopic (exact) mass is 1490 g/mol. The predicted octanol–water partition coefficient (Wildman–Crippen LogP) is 24.1. The Labute approximate surface area is 627 Å². The molecule has 594 valence electrons. The van der Waals surface area contributed by atoms with Crippen LogP contribution in [0.5, 0.6) is 0 Å². The molecule has 5 atom stereocenters. The van der Waals surface area contributed by atoms with Crippen LogP contribution in [0.15, 0.2) is 122 Å². The summed E-state index contributed by atoms with van der Waals surface area (Å²) in [4.78, 5) is 58.6. The van der Waals surface area contributed by atoms with Crippen molar-refractivity contribution < 1.29 is 75.8 Å². The van der Waals surface area contributed by atoms with Crippen LogP contribution in [0.3, 0.4) is 0 Å². The number of esters is 3. The van der Waals surface area contributed by atoms with E-state index in [4.69, 9.17) is 32.3 Å². The SMILES string of the molecule is CC/C=C\C/C=C\C/C=C\C/C=C\C/C=C\C/C=C\CCCCCCCCC(=O)OCC(COP(=O)(O)OCC(O)COP(=O)(O)OCC(O)COC(=O)CCCCCCCCCCCCCCCCC/C=C\C/C=C\C/C=C\C/C=C\CCCCC)OC(=O)CCCCCCCCCCCCC. The molecule has 0 saturated heterocycles. The molecule has 0 aliphatic rings. The van der Waals surface area contributed by atoms with Crippen LogP contribution in [-0.2, 0) is 55.8 Å². The number of ether oxygens (including phenoxy) is 3. The Hall–Kier alpha value is -4.05. The molecule has 0 amide bonds. The van der Waals surface area contributed by atoms with Crippen LogP contribution in [0.1, 0.15) is 342 Å². The highest BCUT2D eigenvalue weighted by molar-refractivity contribution is 7.47. The highest BCUT2D eigenvalue weighted by Gasteiger charge is 2.29. The molecule has 0 bridgehead atoms. The highest BCUT2D eigenvalue weighted by atomic mass is 31.2. The van der Waals surface area contributed by atoms with Gasteiger partial charge in [-0.3, -0.25) is 32.5 Å². The van der Waals surface area contributed by atoms with Gasteiger partial charge in [-0.25, -0.2) is 9.13 Å². The number of allylic oxidation sites excluding steroid dienone is 20. The molecule has 16 nitrogen and oxygen atoms in total. The fourth-order valence-electron chi connectivity index (χ4n) is 11.0. The summed E-state index contributed by atoms with van der Waals surface area (Å²) in [6.07, 6.45) is 92.6. The molecule has 0 spiro atoms. The largest absolute Gasteiger partial charge is 0.472 e. The molecular weight excluding hydrogens is 1340 g/mol. The van der Waals surface area contributed by atoms with Crippen LogP contribution in [0.2, 0.25) is 0 Å². The van der Waals surface area contributed by atoms with E-state index < -0.39 is 91.5 Å². The van der Waals surface area contributed by atoms with E-state index in [0.717, 1.165) is 141 Å². The number of carbonyl (C=O) groups excluding carboxylic acids is 3. The third-order valence-electron chi connectivity index (χ3n) is 17.2. The summed E-state index contributed by atoms with van der Waals surface area (Å²) in [5.74, 6) is -1.58. The van der Waals surface area contributed by atoms with E-state index in [9.17, 15) is 43.5 Å². The molecule has 0 rings (SSSR count). The first-order valence-electron chi connectivity index (χ1n) is 40.8. The molecule has 18 heteroatoms. The number of unbranched alkanes of at least 4 members (excludes halogenated alkanes) is 34. The second kappa shape index (κ2) is 77.6. The van der Waals surface area contributed by atoms with Gasteiger partial charge in [0.25, 0.3) is 0 Å². The van der Waals surface area contributed by atoms with Crippen molar-refractivity contribution in [3.8, 4) is 0 Å². The first kappa shape index (κ1) is 98.9. The minimum absolute atomic E-state index is 0.102. The average Bonchev–Trinajstić information content (AvgIpc) is 0.912. The first-order chi connectivity index (χ1) is 50.2. The second-order valence-electron chi connectivity index (χ2n) is 27.2. The predicted molar refractivity (Wildman–Crippen MR) is 427 cm³/mol. The van der Waals surface area contributed by atoms with E-state index in [1.165, 1.54) is 141 Å². The van der Waals surface area contributed by atoms with Crippen molar-refractivity contribution in [3.63, 3.8) is 0 Å². The minimum atomic E-state index is -4.93. The number of phosphoric ester groups is 2. The Kier molecular flexibility index (Phi) is 74.5. The standard InChI is InChI=1S/C85H148O16P2/c1-4-7-10-13-16-19-22-24-26-28-30-32-34-36-37-38-39-40-41-43-45-46-48-50-52-54-57-59-62-65-68-71-83(88)95-74-80(86)75-97-102(91,92)98-76-81(87)77-99-103(93,94)100-79-82(101-85(90)73-70-67-64-61-56-21-18-15-12-9-6-3)78-96-84(89)72-69-66-63-60-58-55-53-51-49-47-44-42-35-33-31-29-27-25-23-20-17-14-11-8-5-2/h8,11,16-17,19-20,24-27,30-33,36-37,42,44,49,51,80-82,86-87H,4-7,9-10,12-15,18,21-23,28-29,34-35,38-41,43,45-48,50,52-79H2,1-3H3,(H,91,92)(H,93,94)/b11-8-,19-16-,20-17-,26-24-,27-25-,32-30-,33-31-,37-36-,44-42-,51-49-. The molecule has 0 radical (unpaired) electrons. The first-order valence-corrected chi connectivity index (χ1v) is 43.8. The Morgan fingerprint density at radius 1 is 0.282 bits per heavy atom. The Morgan fingerprint density at radius 2 is 0.515 bits per heavy atom. The van der Waals surface area contributed by atoms with Crippen LogP contribution in [0.4, 0.5) is 0 Å². The summed E-state index contributed by atoms with van der Waals surface area (Å²) in [5, 5.41) is 20.6. The van der Waals surface area contributed by atoms with Gasteiger partial charge in [0.05, 0.1) is 26.4 Å². The topological polar surface area (TPSA) is 231 Å². The fraction of sp³-hybridized carbons (Fsp3) is 0.729. The van der Waals surface area contributed by atoms with Gasteiger partial charge < -0.3 is 34.2 Å². The lowest BCUT2D eigenvalue weighted by molar-refractivity contribution is -0.161. The van der Waals surface area contributed by atoms with Gasteiger partial charge >= 0.3 is 33.6 Å². The number of aliphatic hydroxyl groups excluding tert-OH is 2. The summed E-state index contributed by atoms with van der Waals surface area (Å²) in [6.45, 7) is 2.54. The third-order valence-corrected chi connectivity index (χ3v) is 19.1. The van der Waals surface area contributed by atoms with Gasteiger partial charge in [-0.1, -0.05) is 328 Å². The van der Waals surface area contributed by atoms with E-state index >= 15 is 0 Å². The Balaban J connectivity index is 4.42. The van der Waals surface area contributed by atoms with Crippen molar-refractivity contribution in [1.82, 2.24) is 0 Å².